The summed E-state index contributed by atoms with van der Waals surface area (Å²) in [4.78, 5) is 26.5. The molecule has 0 saturated carbocycles. The molecule has 12 nitrogen and oxygen atoms in total. The van der Waals surface area contributed by atoms with Crippen molar-refractivity contribution in [3.63, 3.8) is 0 Å². The summed E-state index contributed by atoms with van der Waals surface area (Å²) in [5, 5.41) is 51.9. The maximum absolute atomic E-state index is 13.3. The first kappa shape index (κ1) is 26.8. The average Bonchev–Trinajstić information content (AvgIpc) is 2.96. The Labute approximate surface area is 245 Å². The highest BCUT2D eigenvalue weighted by molar-refractivity contribution is 5.99. The lowest BCUT2D eigenvalue weighted by Gasteiger charge is -2.34. The highest BCUT2D eigenvalue weighted by Gasteiger charge is 2.36. The largest absolute Gasteiger partial charge is 0.508 e. The van der Waals surface area contributed by atoms with Crippen LogP contribution in [-0.4, -0.2) is 44.9 Å². The number of fused-ring (bicyclic) bond motifs is 6. The molecule has 0 bridgehead atoms. The minimum atomic E-state index is -1.23. The van der Waals surface area contributed by atoms with Crippen molar-refractivity contribution in [1.82, 2.24) is 0 Å². The number of hydrogen-bond donors (Lipinski definition) is 5. The Kier molecular flexibility index (Phi) is 5.63. The van der Waals surface area contributed by atoms with E-state index in [1.54, 1.807) is 6.92 Å². The maximum Gasteiger partial charge on any atom is 0.209 e. The lowest BCUT2D eigenvalue weighted by Crippen LogP contribution is -2.40. The Morgan fingerprint density at radius 1 is 0.818 bits per heavy atom. The first-order chi connectivity index (χ1) is 21.0. The number of methoxy groups -OCH3 is 1. The van der Waals surface area contributed by atoms with Gasteiger partial charge >= 0.3 is 0 Å². The summed E-state index contributed by atoms with van der Waals surface area (Å²) in [5.74, 6) is -1.71. The topological polar surface area (TPSA) is 189 Å². The van der Waals surface area contributed by atoms with Gasteiger partial charge in [0, 0.05) is 18.2 Å². The summed E-state index contributed by atoms with van der Waals surface area (Å²) in [7, 11) is 1.37. The lowest BCUT2D eigenvalue weighted by atomic mass is 10.0. The highest BCUT2D eigenvalue weighted by Crippen LogP contribution is 2.49. The average molecular weight is 599 g/mol. The summed E-state index contributed by atoms with van der Waals surface area (Å²) in [6.07, 6.45) is 2.86. The van der Waals surface area contributed by atoms with E-state index in [0.29, 0.717) is 0 Å². The normalized spacial score (nSPS) is 16.4. The molecule has 1 unspecified atom stereocenters. The van der Waals surface area contributed by atoms with Crippen molar-refractivity contribution in [2.75, 3.05) is 13.7 Å². The van der Waals surface area contributed by atoms with E-state index >= 15 is 0 Å². The molecule has 0 amide bonds. The van der Waals surface area contributed by atoms with E-state index in [2.05, 4.69) is 0 Å². The Balaban J connectivity index is 1.33. The van der Waals surface area contributed by atoms with Crippen LogP contribution in [0.15, 0.2) is 67.0 Å². The van der Waals surface area contributed by atoms with E-state index in [-0.39, 0.29) is 84.8 Å². The number of para-hydroxylation sites is 1. The van der Waals surface area contributed by atoms with Crippen LogP contribution in [0.4, 0.5) is 0 Å². The van der Waals surface area contributed by atoms with Gasteiger partial charge in [0.05, 0.1) is 23.4 Å². The van der Waals surface area contributed by atoms with Crippen molar-refractivity contribution in [3.8, 4) is 46.0 Å². The minimum absolute atomic E-state index is 0.00383. The molecule has 1 aliphatic heterocycles. The van der Waals surface area contributed by atoms with Crippen molar-refractivity contribution in [2.45, 2.75) is 12.5 Å². The molecule has 1 aliphatic rings. The number of ether oxygens (including phenoxy) is 3. The highest BCUT2D eigenvalue weighted by atomic mass is 16.6. The number of benzene rings is 4. The summed E-state index contributed by atoms with van der Waals surface area (Å²) in [5.41, 5.74) is -2.77. The van der Waals surface area contributed by atoms with E-state index in [1.165, 1.54) is 49.6 Å². The zero-order chi connectivity index (χ0) is 31.1. The molecule has 222 valence electrons. The molecule has 7 rings (SSSR count). The number of hydrogen-bond acceptors (Lipinski definition) is 12. The molecule has 0 radical (unpaired) electrons. The van der Waals surface area contributed by atoms with Gasteiger partial charge in [-0.3, -0.25) is 9.59 Å². The van der Waals surface area contributed by atoms with E-state index in [1.807, 2.05) is 0 Å². The van der Waals surface area contributed by atoms with Crippen LogP contribution in [0, 0.1) is 0 Å². The van der Waals surface area contributed by atoms with Crippen LogP contribution in [0.2, 0.25) is 0 Å². The second-order valence-electron chi connectivity index (χ2n) is 10.5. The second kappa shape index (κ2) is 9.23. The Morgan fingerprint density at radius 3 is 2.32 bits per heavy atom. The molecule has 3 heterocycles. The number of phenolic OH excluding ortho intramolecular Hbond substituents is 5. The van der Waals surface area contributed by atoms with Gasteiger partial charge in [-0.25, -0.2) is 0 Å². The smallest absolute Gasteiger partial charge is 0.209 e. The summed E-state index contributed by atoms with van der Waals surface area (Å²) in [6.45, 7) is 1.52. The monoisotopic (exact) mass is 598 g/mol. The third kappa shape index (κ3) is 3.84. The van der Waals surface area contributed by atoms with Gasteiger partial charge in [0.1, 0.15) is 51.5 Å². The van der Waals surface area contributed by atoms with Gasteiger partial charge in [0.2, 0.25) is 22.4 Å². The molecule has 0 spiro atoms. The van der Waals surface area contributed by atoms with Crippen LogP contribution >= 0.6 is 0 Å². The molecule has 0 aliphatic carbocycles. The zero-order valence-electron chi connectivity index (χ0n) is 23.0. The van der Waals surface area contributed by atoms with Crippen molar-refractivity contribution in [2.24, 2.45) is 0 Å². The summed E-state index contributed by atoms with van der Waals surface area (Å²) < 4.78 is 29.3. The van der Waals surface area contributed by atoms with E-state index in [9.17, 15) is 35.1 Å². The zero-order valence-corrected chi connectivity index (χ0v) is 23.0. The van der Waals surface area contributed by atoms with Crippen LogP contribution < -0.4 is 25.1 Å². The third-order valence-electron chi connectivity index (χ3n) is 7.53. The van der Waals surface area contributed by atoms with Crippen LogP contribution in [0.25, 0.3) is 50.0 Å². The molecule has 0 fully saturated rings. The van der Waals surface area contributed by atoms with E-state index in [4.69, 9.17) is 23.0 Å². The first-order valence-electron chi connectivity index (χ1n) is 13.2. The van der Waals surface area contributed by atoms with Crippen LogP contribution in [0.1, 0.15) is 12.5 Å². The van der Waals surface area contributed by atoms with Crippen LogP contribution in [0.5, 0.6) is 46.0 Å². The Bertz CT molecular complexity index is 2370. The van der Waals surface area contributed by atoms with Crippen molar-refractivity contribution >= 4 is 50.0 Å². The molecular formula is C32H22O12. The number of rotatable bonds is 3. The van der Waals surface area contributed by atoms with Crippen molar-refractivity contribution in [3.05, 3.63) is 74.6 Å². The third-order valence-corrected chi connectivity index (χ3v) is 7.53. The molecule has 4 aromatic carbocycles. The predicted molar refractivity (Wildman–Crippen MR) is 158 cm³/mol. The van der Waals surface area contributed by atoms with Crippen LogP contribution in [0.3, 0.4) is 0 Å². The van der Waals surface area contributed by atoms with Gasteiger partial charge in [0.25, 0.3) is 0 Å². The van der Waals surface area contributed by atoms with Crippen LogP contribution in [-0.2, 0) is 0 Å². The van der Waals surface area contributed by atoms with Gasteiger partial charge in [-0.05, 0) is 37.3 Å². The first-order valence-corrected chi connectivity index (χ1v) is 13.2. The van der Waals surface area contributed by atoms with Gasteiger partial charge in [-0.1, -0.05) is 6.07 Å². The van der Waals surface area contributed by atoms with E-state index in [0.717, 1.165) is 12.1 Å². The Hall–Kier alpha value is -6.04. The van der Waals surface area contributed by atoms with Gasteiger partial charge in [-0.15, -0.1) is 0 Å². The summed E-state index contributed by atoms with van der Waals surface area (Å²) >= 11 is 0. The van der Waals surface area contributed by atoms with Gasteiger partial charge < -0.3 is 48.6 Å². The van der Waals surface area contributed by atoms with Crippen molar-refractivity contribution in [1.29, 1.82) is 0 Å². The molecule has 2 aromatic heterocycles. The predicted octanol–water partition coefficient (Wildman–Crippen LogP) is 4.99. The lowest BCUT2D eigenvalue weighted by molar-refractivity contribution is 0.0424. The molecule has 1 atom stereocenters. The maximum atomic E-state index is 13.3. The molecule has 44 heavy (non-hydrogen) atoms. The minimum Gasteiger partial charge on any atom is -0.508 e. The molecule has 6 aromatic rings. The molecular weight excluding hydrogens is 576 g/mol. The fraction of sp³-hybridized carbons (Fsp3) is 0.125. The quantitative estimate of drug-likeness (QED) is 0.172. The number of aromatic hydroxyl groups is 5. The Morgan fingerprint density at radius 2 is 1.55 bits per heavy atom. The SMILES string of the molecule is COc1cc2c(=O)c3c(O)cc(O)cc3oc2c2c1OC(C)(/C=C/c1c(O)cc3oc4c(O)cccc4c(=O)c3c1O)CO2. The molecule has 12 heteroatoms. The standard InChI is InChI=1S/C32H22O12/c1-32(7-6-14-18(35)11-21-24(25(14)37)26(38)15-4-3-5-17(34)28(15)42-21)12-41-31-29-16(10-22(40-2)30(31)44-32)27(39)23-19(36)8-13(33)9-20(23)43-29/h3-11,33-37H,12H2,1-2H3/b7-6+. The number of phenols is 5. The fourth-order valence-electron chi connectivity index (χ4n) is 5.38. The van der Waals surface area contributed by atoms with Gasteiger partial charge in [0.15, 0.2) is 28.3 Å². The summed E-state index contributed by atoms with van der Waals surface area (Å²) in [6, 6.07) is 9.03. The van der Waals surface area contributed by atoms with Gasteiger partial charge in [-0.2, -0.15) is 0 Å². The fourth-order valence-corrected chi connectivity index (χ4v) is 5.38. The van der Waals surface area contributed by atoms with Crippen molar-refractivity contribution < 1.29 is 48.6 Å². The molecule has 0 saturated heterocycles. The van der Waals surface area contributed by atoms with E-state index < -0.39 is 33.7 Å². The molecule has 5 N–H and O–H groups in total. The second-order valence-corrected chi connectivity index (χ2v) is 10.5.